The number of benzene rings is 1. The van der Waals surface area contributed by atoms with Gasteiger partial charge >= 0.3 is 0 Å². The predicted octanol–water partition coefficient (Wildman–Crippen LogP) is 1.86. The van der Waals surface area contributed by atoms with Crippen molar-refractivity contribution in [1.29, 1.82) is 0 Å². The Kier molecular flexibility index (Phi) is 3.56. The molecule has 2 atom stereocenters. The van der Waals surface area contributed by atoms with E-state index in [0.717, 1.165) is 12.0 Å². The molecule has 2 saturated heterocycles. The molecular weight excluding hydrogens is 326 g/mol. The number of thioether (sulfide) groups is 1. The molecule has 2 amide bonds. The monoisotopic (exact) mass is 343 g/mol. The average molecular weight is 343 g/mol. The summed E-state index contributed by atoms with van der Waals surface area (Å²) < 4.78 is 0. The van der Waals surface area contributed by atoms with E-state index in [1.807, 2.05) is 31.2 Å². The Bertz CT molecular complexity index is 794. The minimum Gasteiger partial charge on any atom is -0.324 e. The van der Waals surface area contributed by atoms with Gasteiger partial charge in [0.05, 0.1) is 4.87 Å². The van der Waals surface area contributed by atoms with Crippen LogP contribution in [0.3, 0.4) is 0 Å². The number of H-pyrrole nitrogens is 1. The molecule has 1 aromatic carbocycles. The Balaban J connectivity index is 1.53. The molecule has 2 unspecified atom stereocenters. The van der Waals surface area contributed by atoms with Crippen LogP contribution in [-0.4, -0.2) is 48.6 Å². The van der Waals surface area contributed by atoms with Crippen LogP contribution in [-0.2, 0) is 9.59 Å². The van der Waals surface area contributed by atoms with E-state index in [1.54, 1.807) is 16.7 Å². The van der Waals surface area contributed by atoms with Crippen molar-refractivity contribution >= 4 is 29.3 Å². The molecule has 0 saturated carbocycles. The number of hydrogen-bond donors (Lipinski definition) is 2. The van der Waals surface area contributed by atoms with Crippen molar-refractivity contribution in [3.63, 3.8) is 0 Å². The fraction of sp³-hybridized carbons (Fsp3) is 0.375. The van der Waals surface area contributed by atoms with Gasteiger partial charge in [-0.15, -0.1) is 11.8 Å². The molecule has 2 aliphatic heterocycles. The number of carbonyl (C=O) groups is 2. The highest BCUT2D eigenvalue weighted by Gasteiger charge is 2.52. The lowest BCUT2D eigenvalue weighted by Crippen LogP contribution is -2.48. The first-order valence-electron chi connectivity index (χ1n) is 7.80. The Morgan fingerprint density at radius 2 is 2.38 bits per heavy atom. The third kappa shape index (κ3) is 2.47. The Labute approximate surface area is 143 Å². The minimum atomic E-state index is -0.413. The van der Waals surface area contributed by atoms with E-state index in [4.69, 9.17) is 0 Å². The van der Waals surface area contributed by atoms with Crippen molar-refractivity contribution in [3.8, 4) is 11.4 Å². The van der Waals surface area contributed by atoms with Crippen LogP contribution in [0.2, 0.25) is 0 Å². The first kappa shape index (κ1) is 15.2. The lowest BCUT2D eigenvalue weighted by molar-refractivity contribution is -0.135. The summed E-state index contributed by atoms with van der Waals surface area (Å²) in [6.45, 7) is 2.04. The van der Waals surface area contributed by atoms with Crippen molar-refractivity contribution in [2.24, 2.45) is 0 Å². The lowest BCUT2D eigenvalue weighted by atomic mass is 10.1. The quantitative estimate of drug-likeness (QED) is 0.888. The SMILES string of the molecule is CC12CCC(=O)N1C(C(=O)Nc1cccc(-c3ncn[nH]3)c1)CS2. The smallest absolute Gasteiger partial charge is 0.248 e. The van der Waals surface area contributed by atoms with Crippen molar-refractivity contribution in [2.75, 3.05) is 11.1 Å². The van der Waals surface area contributed by atoms with Crippen molar-refractivity contribution in [1.82, 2.24) is 20.1 Å². The van der Waals surface area contributed by atoms with Gasteiger partial charge in [0, 0.05) is 23.4 Å². The van der Waals surface area contributed by atoms with Gasteiger partial charge in [-0.2, -0.15) is 5.10 Å². The van der Waals surface area contributed by atoms with Crippen LogP contribution < -0.4 is 5.32 Å². The summed E-state index contributed by atoms with van der Waals surface area (Å²) in [6, 6.07) is 6.99. The molecule has 4 rings (SSSR count). The van der Waals surface area contributed by atoms with Crippen molar-refractivity contribution in [2.45, 2.75) is 30.7 Å². The number of anilines is 1. The maximum absolute atomic E-state index is 12.7. The molecule has 124 valence electrons. The molecule has 0 radical (unpaired) electrons. The van der Waals surface area contributed by atoms with Crippen LogP contribution >= 0.6 is 11.8 Å². The molecule has 0 aliphatic carbocycles. The van der Waals surface area contributed by atoms with E-state index >= 15 is 0 Å². The molecule has 2 aliphatic rings. The summed E-state index contributed by atoms with van der Waals surface area (Å²) in [4.78, 5) is 30.5. The highest BCUT2D eigenvalue weighted by molar-refractivity contribution is 8.01. The van der Waals surface area contributed by atoms with Gasteiger partial charge < -0.3 is 10.2 Å². The van der Waals surface area contributed by atoms with Gasteiger partial charge in [0.25, 0.3) is 0 Å². The van der Waals surface area contributed by atoms with E-state index < -0.39 is 6.04 Å². The molecule has 0 bridgehead atoms. The number of amides is 2. The van der Waals surface area contributed by atoms with Gasteiger partial charge in [-0.1, -0.05) is 12.1 Å². The summed E-state index contributed by atoms with van der Waals surface area (Å²) in [5.41, 5.74) is 1.52. The zero-order valence-corrected chi connectivity index (χ0v) is 14.0. The van der Waals surface area contributed by atoms with E-state index in [9.17, 15) is 9.59 Å². The summed E-state index contributed by atoms with van der Waals surface area (Å²) in [6.07, 6.45) is 2.77. The second-order valence-corrected chi connectivity index (χ2v) is 7.67. The number of aromatic nitrogens is 3. The van der Waals surface area contributed by atoms with Gasteiger partial charge in [0.1, 0.15) is 12.4 Å². The number of rotatable bonds is 3. The largest absolute Gasteiger partial charge is 0.324 e. The van der Waals surface area contributed by atoms with E-state index in [-0.39, 0.29) is 16.7 Å². The van der Waals surface area contributed by atoms with E-state index in [0.29, 0.717) is 23.7 Å². The second-order valence-electron chi connectivity index (χ2n) is 6.17. The molecule has 24 heavy (non-hydrogen) atoms. The maximum atomic E-state index is 12.7. The number of nitrogens with zero attached hydrogens (tertiary/aromatic N) is 3. The van der Waals surface area contributed by atoms with Crippen LogP contribution in [0.25, 0.3) is 11.4 Å². The van der Waals surface area contributed by atoms with Gasteiger partial charge in [-0.05, 0) is 25.5 Å². The molecule has 8 heteroatoms. The predicted molar refractivity (Wildman–Crippen MR) is 91.2 cm³/mol. The van der Waals surface area contributed by atoms with Gasteiger partial charge in [-0.25, -0.2) is 4.98 Å². The average Bonchev–Trinajstić information content (AvgIpc) is 3.26. The third-order valence-corrected chi connectivity index (χ3v) is 6.07. The first-order valence-corrected chi connectivity index (χ1v) is 8.78. The molecule has 1 aromatic heterocycles. The molecule has 7 nitrogen and oxygen atoms in total. The molecule has 0 spiro atoms. The van der Waals surface area contributed by atoms with Crippen LogP contribution in [0.15, 0.2) is 30.6 Å². The number of carbonyl (C=O) groups excluding carboxylic acids is 2. The minimum absolute atomic E-state index is 0.0676. The number of fused-ring (bicyclic) bond motifs is 1. The number of aromatic amines is 1. The number of nitrogens with one attached hydrogen (secondary N) is 2. The van der Waals surface area contributed by atoms with Gasteiger partial charge in [-0.3, -0.25) is 14.7 Å². The standard InChI is InChI=1S/C16H17N5O2S/c1-16-6-5-13(22)21(16)12(8-24-16)15(23)19-11-4-2-3-10(7-11)14-17-9-18-20-14/h2-4,7,9,12H,5-6,8H2,1H3,(H,19,23)(H,17,18,20). The summed E-state index contributed by atoms with van der Waals surface area (Å²) in [5.74, 6) is 1.20. The Hall–Kier alpha value is -2.35. The Morgan fingerprint density at radius 1 is 1.50 bits per heavy atom. The topological polar surface area (TPSA) is 91.0 Å². The second kappa shape index (κ2) is 5.62. The van der Waals surface area contributed by atoms with E-state index in [1.165, 1.54) is 6.33 Å². The van der Waals surface area contributed by atoms with Gasteiger partial charge in [0.15, 0.2) is 5.82 Å². The highest BCUT2D eigenvalue weighted by Crippen LogP contribution is 2.47. The molecule has 2 fully saturated rings. The molecule has 2 aromatic rings. The van der Waals surface area contributed by atoms with Crippen molar-refractivity contribution < 1.29 is 9.59 Å². The zero-order valence-electron chi connectivity index (χ0n) is 13.2. The fourth-order valence-corrected chi connectivity index (χ4v) is 4.76. The highest BCUT2D eigenvalue weighted by atomic mass is 32.2. The lowest BCUT2D eigenvalue weighted by Gasteiger charge is -2.29. The van der Waals surface area contributed by atoms with Crippen LogP contribution in [0.4, 0.5) is 5.69 Å². The van der Waals surface area contributed by atoms with Crippen LogP contribution in [0.1, 0.15) is 19.8 Å². The molecule has 3 heterocycles. The summed E-state index contributed by atoms with van der Waals surface area (Å²) in [5, 5.41) is 9.56. The summed E-state index contributed by atoms with van der Waals surface area (Å²) in [7, 11) is 0. The van der Waals surface area contributed by atoms with Crippen LogP contribution in [0.5, 0.6) is 0 Å². The van der Waals surface area contributed by atoms with Crippen molar-refractivity contribution in [3.05, 3.63) is 30.6 Å². The first-order chi connectivity index (χ1) is 11.6. The van der Waals surface area contributed by atoms with E-state index in [2.05, 4.69) is 20.5 Å². The Morgan fingerprint density at radius 3 is 3.17 bits per heavy atom. The summed E-state index contributed by atoms with van der Waals surface area (Å²) >= 11 is 1.69. The number of hydrogen-bond acceptors (Lipinski definition) is 5. The fourth-order valence-electron chi connectivity index (χ4n) is 3.33. The maximum Gasteiger partial charge on any atom is 0.248 e. The normalized spacial score (nSPS) is 25.8. The molecular formula is C16H17N5O2S. The zero-order chi connectivity index (χ0) is 16.7. The van der Waals surface area contributed by atoms with Gasteiger partial charge in [0.2, 0.25) is 11.8 Å². The third-order valence-electron chi connectivity index (χ3n) is 4.57. The van der Waals surface area contributed by atoms with Crippen LogP contribution in [0, 0.1) is 0 Å². The molecule has 2 N–H and O–H groups in total.